The molecule has 0 bridgehead atoms. The summed E-state index contributed by atoms with van der Waals surface area (Å²) in [6, 6.07) is 0. The van der Waals surface area contributed by atoms with Gasteiger partial charge in [0.2, 0.25) is 0 Å². The second-order valence-corrected chi connectivity index (χ2v) is 4.46. The molecule has 0 nitrogen and oxygen atoms in total. The first-order valence-corrected chi connectivity index (χ1v) is 6.56. The summed E-state index contributed by atoms with van der Waals surface area (Å²) in [6.07, 6.45) is 16.1. The van der Waals surface area contributed by atoms with Crippen molar-refractivity contribution in [2.45, 2.75) is 64.7 Å². The highest BCUT2D eigenvalue weighted by atomic mass is 14.1. The van der Waals surface area contributed by atoms with Gasteiger partial charge in [-0.25, -0.2) is 0 Å². The van der Waals surface area contributed by atoms with Crippen LogP contribution in [0, 0.1) is 5.92 Å². The van der Waals surface area contributed by atoms with Crippen LogP contribution in [-0.4, -0.2) is 0 Å². The van der Waals surface area contributed by atoms with Gasteiger partial charge in [-0.05, 0) is 25.2 Å². The molecule has 0 aromatic rings. The minimum absolute atomic E-state index is 0.895. The molecule has 0 saturated carbocycles. The number of allylic oxidation sites excluding steroid dienone is 2. The van der Waals surface area contributed by atoms with E-state index < -0.39 is 0 Å². The first kappa shape index (κ1) is 14.5. The smallest absolute Gasteiger partial charge is 0.0325 e. The zero-order valence-corrected chi connectivity index (χ0v) is 10.5. The van der Waals surface area contributed by atoms with Gasteiger partial charge >= 0.3 is 0 Å². The van der Waals surface area contributed by atoms with Crippen molar-refractivity contribution in [3.05, 3.63) is 25.3 Å². The van der Waals surface area contributed by atoms with Crippen LogP contribution >= 0.6 is 0 Å². The molecule has 88 valence electrons. The highest BCUT2D eigenvalue weighted by Crippen LogP contribution is 2.20. The fourth-order valence-electron chi connectivity index (χ4n) is 2.01. The first-order valence-electron chi connectivity index (χ1n) is 6.56. The van der Waals surface area contributed by atoms with Crippen molar-refractivity contribution in [2.75, 3.05) is 0 Å². The third kappa shape index (κ3) is 9.78. The summed E-state index contributed by atoms with van der Waals surface area (Å²) in [5.41, 5.74) is 0. The molecule has 0 heterocycles. The molecule has 1 atom stereocenters. The predicted octanol–water partition coefficient (Wildman–Crippen LogP) is 5.51. The lowest BCUT2D eigenvalue weighted by Gasteiger charge is -2.14. The highest BCUT2D eigenvalue weighted by molar-refractivity contribution is 4.73. The van der Waals surface area contributed by atoms with Gasteiger partial charge in [0.25, 0.3) is 0 Å². The molecule has 0 spiro atoms. The zero-order chi connectivity index (χ0) is 11.4. The maximum absolute atomic E-state index is 3.85. The summed E-state index contributed by atoms with van der Waals surface area (Å²) in [4.78, 5) is 0. The van der Waals surface area contributed by atoms with E-state index in [9.17, 15) is 0 Å². The van der Waals surface area contributed by atoms with E-state index in [4.69, 9.17) is 0 Å². The van der Waals surface area contributed by atoms with Crippen LogP contribution in [0.2, 0.25) is 0 Å². The van der Waals surface area contributed by atoms with Gasteiger partial charge in [-0.2, -0.15) is 0 Å². The van der Waals surface area contributed by atoms with Crippen LogP contribution in [0.1, 0.15) is 64.7 Å². The van der Waals surface area contributed by atoms with Crippen LogP contribution in [0.3, 0.4) is 0 Å². The van der Waals surface area contributed by atoms with Crippen LogP contribution in [-0.2, 0) is 0 Å². The van der Waals surface area contributed by atoms with E-state index in [1.54, 1.807) is 0 Å². The molecule has 15 heavy (non-hydrogen) atoms. The predicted molar refractivity (Wildman–Crippen MR) is 71.1 cm³/mol. The monoisotopic (exact) mass is 208 g/mol. The second kappa shape index (κ2) is 11.6. The van der Waals surface area contributed by atoms with E-state index >= 15 is 0 Å². The molecule has 1 unspecified atom stereocenters. The summed E-state index contributed by atoms with van der Waals surface area (Å²) in [6.45, 7) is 9.88. The summed E-state index contributed by atoms with van der Waals surface area (Å²) in [7, 11) is 0. The van der Waals surface area contributed by atoms with Gasteiger partial charge in [0, 0.05) is 0 Å². The number of hydrogen-bond donors (Lipinski definition) is 0. The Morgan fingerprint density at radius 1 is 0.933 bits per heavy atom. The van der Waals surface area contributed by atoms with E-state index in [-0.39, 0.29) is 0 Å². The van der Waals surface area contributed by atoms with Gasteiger partial charge in [-0.15, -0.1) is 13.2 Å². The molecule has 0 aliphatic rings. The Bertz CT molecular complexity index is 146. The number of hydrogen-bond acceptors (Lipinski definition) is 0. The van der Waals surface area contributed by atoms with E-state index in [1.807, 2.05) is 6.08 Å². The molecule has 0 rings (SSSR count). The second-order valence-electron chi connectivity index (χ2n) is 4.46. The van der Waals surface area contributed by atoms with E-state index in [1.165, 1.54) is 57.8 Å². The molecule has 0 heteroatoms. The van der Waals surface area contributed by atoms with Crippen molar-refractivity contribution in [3.8, 4) is 0 Å². The molecule has 0 radical (unpaired) electrons. The minimum Gasteiger partial charge on any atom is -0.103 e. The van der Waals surface area contributed by atoms with Gasteiger partial charge in [-0.1, -0.05) is 57.6 Å². The van der Waals surface area contributed by atoms with Crippen LogP contribution in [0.15, 0.2) is 25.3 Å². The first-order chi connectivity index (χ1) is 7.35. The van der Waals surface area contributed by atoms with Gasteiger partial charge in [0.05, 0.1) is 0 Å². The zero-order valence-electron chi connectivity index (χ0n) is 10.5. The molecule has 0 aliphatic heterocycles. The van der Waals surface area contributed by atoms with E-state index in [0.29, 0.717) is 0 Å². The summed E-state index contributed by atoms with van der Waals surface area (Å²) in [5, 5.41) is 0. The molecule has 0 aromatic carbocycles. The molecule has 0 saturated heterocycles. The molecule has 0 aliphatic carbocycles. The van der Waals surface area contributed by atoms with Crippen LogP contribution < -0.4 is 0 Å². The Hall–Kier alpha value is -0.520. The summed E-state index contributed by atoms with van der Waals surface area (Å²) >= 11 is 0. The molecular weight excluding hydrogens is 180 g/mol. The average Bonchev–Trinajstić information content (AvgIpc) is 2.25. The normalized spacial score (nSPS) is 12.3. The molecule has 0 fully saturated rings. The summed E-state index contributed by atoms with van der Waals surface area (Å²) < 4.78 is 0. The molecular formula is C15H28. The van der Waals surface area contributed by atoms with Crippen LogP contribution in [0.25, 0.3) is 0 Å². The van der Waals surface area contributed by atoms with Crippen LogP contribution in [0.5, 0.6) is 0 Å². The van der Waals surface area contributed by atoms with Gasteiger partial charge in [-0.3, -0.25) is 0 Å². The Kier molecular flexibility index (Phi) is 11.2. The Balaban J connectivity index is 3.46. The SMILES string of the molecule is C=CCCCCCC(CC=C)CCCC. The van der Waals surface area contributed by atoms with Crippen molar-refractivity contribution in [1.82, 2.24) is 0 Å². The largest absolute Gasteiger partial charge is 0.103 e. The average molecular weight is 208 g/mol. The van der Waals surface area contributed by atoms with Gasteiger partial charge in [0.1, 0.15) is 0 Å². The van der Waals surface area contributed by atoms with Crippen molar-refractivity contribution < 1.29 is 0 Å². The van der Waals surface area contributed by atoms with Crippen molar-refractivity contribution in [3.63, 3.8) is 0 Å². The van der Waals surface area contributed by atoms with E-state index in [2.05, 4.69) is 26.2 Å². The van der Waals surface area contributed by atoms with Gasteiger partial charge in [0.15, 0.2) is 0 Å². The lowest BCUT2D eigenvalue weighted by molar-refractivity contribution is 0.417. The Labute approximate surface area is 96.5 Å². The summed E-state index contributed by atoms with van der Waals surface area (Å²) in [5.74, 6) is 0.895. The molecule has 0 aromatic heterocycles. The fraction of sp³-hybridized carbons (Fsp3) is 0.733. The number of rotatable bonds is 11. The maximum Gasteiger partial charge on any atom is -0.0325 e. The third-order valence-corrected chi connectivity index (χ3v) is 2.99. The lowest BCUT2D eigenvalue weighted by Crippen LogP contribution is -1.99. The van der Waals surface area contributed by atoms with E-state index in [0.717, 1.165) is 5.92 Å². The quantitative estimate of drug-likeness (QED) is 0.310. The molecule has 0 amide bonds. The third-order valence-electron chi connectivity index (χ3n) is 2.99. The Morgan fingerprint density at radius 3 is 2.27 bits per heavy atom. The maximum atomic E-state index is 3.85. The lowest BCUT2D eigenvalue weighted by atomic mass is 9.92. The standard InChI is InChI=1S/C15H28/c1-4-7-9-10-11-14-15(12-6-3)13-8-5-2/h4,6,15H,1,3,5,7-14H2,2H3. The topological polar surface area (TPSA) is 0 Å². The van der Waals surface area contributed by atoms with Crippen molar-refractivity contribution in [2.24, 2.45) is 5.92 Å². The minimum atomic E-state index is 0.895. The Morgan fingerprint density at radius 2 is 1.67 bits per heavy atom. The van der Waals surface area contributed by atoms with Crippen LogP contribution in [0.4, 0.5) is 0 Å². The highest BCUT2D eigenvalue weighted by Gasteiger charge is 2.05. The number of unbranched alkanes of at least 4 members (excludes halogenated alkanes) is 4. The van der Waals surface area contributed by atoms with Gasteiger partial charge < -0.3 is 0 Å². The fourth-order valence-corrected chi connectivity index (χ4v) is 2.01. The molecule has 0 N–H and O–H groups in total. The van der Waals surface area contributed by atoms with Crippen molar-refractivity contribution in [1.29, 1.82) is 0 Å². The van der Waals surface area contributed by atoms with Crippen molar-refractivity contribution >= 4 is 0 Å².